The van der Waals surface area contributed by atoms with Crippen molar-refractivity contribution >= 4 is 22.1 Å². The number of carbonyl (C=O) groups excluding carboxylic acids is 2. The van der Waals surface area contributed by atoms with E-state index in [0.29, 0.717) is 0 Å². The first-order chi connectivity index (χ1) is 10.8. The second-order valence-corrected chi connectivity index (χ2v) is 6.52. The van der Waals surface area contributed by atoms with Crippen LogP contribution in [0.15, 0.2) is 24.3 Å². The van der Waals surface area contributed by atoms with Gasteiger partial charge in [-0.1, -0.05) is 24.3 Å². The fraction of sp³-hybridized carbons (Fsp3) is 0.467. The molecule has 0 aromatic heterocycles. The fourth-order valence-electron chi connectivity index (χ4n) is 1.71. The molecule has 0 heterocycles. The third-order valence-corrected chi connectivity index (χ3v) is 3.70. The molecule has 0 atom stereocenters. The minimum Gasteiger partial charge on any atom is -0.464 e. The maximum Gasteiger partial charge on any atom is 0.306 e. The first-order valence-electron chi connectivity index (χ1n) is 7.09. The monoisotopic (exact) mass is 344 g/mol. The molecule has 23 heavy (non-hydrogen) atoms. The van der Waals surface area contributed by atoms with Gasteiger partial charge in [-0.15, -0.1) is 0 Å². The van der Waals surface area contributed by atoms with E-state index in [2.05, 4.69) is 4.74 Å². The molecule has 0 saturated heterocycles. The highest BCUT2D eigenvalue weighted by Gasteiger charge is 2.10. The van der Waals surface area contributed by atoms with Crippen molar-refractivity contribution in [2.75, 3.05) is 12.4 Å². The molecule has 0 unspecified atom stereocenters. The Balaban J connectivity index is 2.16. The van der Waals surface area contributed by atoms with Gasteiger partial charge in [0.15, 0.2) is 0 Å². The summed E-state index contributed by atoms with van der Waals surface area (Å²) in [5.74, 6) is -1.68. The topological polar surface area (TPSA) is 107 Å². The minimum atomic E-state index is -4.14. The molecule has 1 aromatic rings. The molecule has 8 heteroatoms. The third-order valence-electron chi connectivity index (χ3n) is 3.02. The van der Waals surface area contributed by atoms with E-state index >= 15 is 0 Å². The van der Waals surface area contributed by atoms with Crippen LogP contribution < -0.4 is 0 Å². The summed E-state index contributed by atoms with van der Waals surface area (Å²) < 4.78 is 39.1. The molecule has 128 valence electrons. The Morgan fingerprint density at radius 2 is 1.70 bits per heavy atom. The largest absolute Gasteiger partial charge is 0.464 e. The number of rotatable bonds is 9. The maximum atomic E-state index is 11.6. The number of esters is 2. The van der Waals surface area contributed by atoms with E-state index in [1.807, 2.05) is 31.2 Å². The van der Waals surface area contributed by atoms with Gasteiger partial charge in [0.1, 0.15) is 19.0 Å². The van der Waals surface area contributed by atoms with Crippen LogP contribution in [0.25, 0.3) is 0 Å². The van der Waals surface area contributed by atoms with Crippen molar-refractivity contribution in [3.05, 3.63) is 35.4 Å². The Hall–Kier alpha value is -1.93. The van der Waals surface area contributed by atoms with Crippen LogP contribution in [0, 0.1) is 6.92 Å². The van der Waals surface area contributed by atoms with Crippen molar-refractivity contribution in [3.63, 3.8) is 0 Å². The summed E-state index contributed by atoms with van der Waals surface area (Å²) in [7, 11) is -4.14. The van der Waals surface area contributed by atoms with Crippen LogP contribution in [0.1, 0.15) is 30.4 Å². The van der Waals surface area contributed by atoms with Gasteiger partial charge in [0, 0.05) is 12.8 Å². The van der Waals surface area contributed by atoms with Crippen LogP contribution in [0.2, 0.25) is 0 Å². The molecule has 0 radical (unpaired) electrons. The van der Waals surface area contributed by atoms with E-state index in [9.17, 15) is 18.0 Å². The minimum absolute atomic E-state index is 0.0229. The van der Waals surface area contributed by atoms with Crippen molar-refractivity contribution < 1.29 is 32.0 Å². The summed E-state index contributed by atoms with van der Waals surface area (Å²) in [4.78, 5) is 22.9. The van der Waals surface area contributed by atoms with Crippen LogP contribution >= 0.6 is 0 Å². The van der Waals surface area contributed by atoms with Crippen LogP contribution in [-0.2, 0) is 35.8 Å². The van der Waals surface area contributed by atoms with Crippen molar-refractivity contribution in [1.82, 2.24) is 0 Å². The SMILES string of the molecule is Cc1ccccc1COC(=O)CCCC(=O)OCCS(=O)(=O)O. The van der Waals surface area contributed by atoms with E-state index in [0.717, 1.165) is 11.1 Å². The lowest BCUT2D eigenvalue weighted by molar-refractivity contribution is -0.146. The summed E-state index contributed by atoms with van der Waals surface area (Å²) in [6.07, 6.45) is 0.293. The van der Waals surface area contributed by atoms with Crippen LogP contribution in [0.3, 0.4) is 0 Å². The van der Waals surface area contributed by atoms with E-state index in [-0.39, 0.29) is 25.9 Å². The van der Waals surface area contributed by atoms with Gasteiger partial charge < -0.3 is 9.47 Å². The molecule has 1 aromatic carbocycles. The molecule has 0 fully saturated rings. The molecule has 1 N–H and O–H groups in total. The zero-order chi connectivity index (χ0) is 17.3. The Morgan fingerprint density at radius 3 is 2.30 bits per heavy atom. The predicted molar refractivity (Wildman–Crippen MR) is 82.2 cm³/mol. The van der Waals surface area contributed by atoms with Gasteiger partial charge in [-0.2, -0.15) is 8.42 Å². The summed E-state index contributed by atoms with van der Waals surface area (Å²) in [5.41, 5.74) is 1.95. The molecule has 0 bridgehead atoms. The quantitative estimate of drug-likeness (QED) is 0.536. The summed E-state index contributed by atoms with van der Waals surface area (Å²) in [6, 6.07) is 7.55. The first kappa shape index (κ1) is 19.1. The first-order valence-corrected chi connectivity index (χ1v) is 8.70. The lowest BCUT2D eigenvalue weighted by atomic mass is 10.1. The maximum absolute atomic E-state index is 11.6. The van der Waals surface area contributed by atoms with Gasteiger partial charge in [-0.05, 0) is 24.5 Å². The van der Waals surface area contributed by atoms with Crippen LogP contribution in [-0.4, -0.2) is 37.3 Å². The zero-order valence-electron chi connectivity index (χ0n) is 12.9. The molecule has 0 saturated carbocycles. The van der Waals surface area contributed by atoms with E-state index in [1.165, 1.54) is 0 Å². The van der Waals surface area contributed by atoms with Gasteiger partial charge in [0.05, 0.1) is 0 Å². The van der Waals surface area contributed by atoms with Crippen molar-refractivity contribution in [2.45, 2.75) is 32.8 Å². The summed E-state index contributed by atoms with van der Waals surface area (Å²) in [6.45, 7) is 1.70. The second kappa shape index (κ2) is 9.26. The molecule has 0 spiro atoms. The molecule has 0 aliphatic rings. The molecule has 0 amide bonds. The van der Waals surface area contributed by atoms with Crippen molar-refractivity contribution in [3.8, 4) is 0 Å². The summed E-state index contributed by atoms with van der Waals surface area (Å²) >= 11 is 0. The number of ether oxygens (including phenoxy) is 2. The molecular formula is C15H20O7S. The molecule has 0 aliphatic carbocycles. The van der Waals surface area contributed by atoms with Crippen LogP contribution in [0.5, 0.6) is 0 Å². The average Bonchev–Trinajstić information content (AvgIpc) is 2.45. The van der Waals surface area contributed by atoms with Crippen molar-refractivity contribution in [1.29, 1.82) is 0 Å². The fourth-order valence-corrected chi connectivity index (χ4v) is 2.01. The molecule has 0 aliphatic heterocycles. The van der Waals surface area contributed by atoms with Gasteiger partial charge in [-0.25, -0.2) is 0 Å². The third kappa shape index (κ3) is 8.94. The normalized spacial score (nSPS) is 11.0. The van der Waals surface area contributed by atoms with Gasteiger partial charge >= 0.3 is 11.9 Å². The Morgan fingerprint density at radius 1 is 1.09 bits per heavy atom. The average molecular weight is 344 g/mol. The van der Waals surface area contributed by atoms with E-state index in [4.69, 9.17) is 9.29 Å². The number of aryl methyl sites for hydroxylation is 1. The summed E-state index contributed by atoms with van der Waals surface area (Å²) in [5, 5.41) is 0. The zero-order valence-corrected chi connectivity index (χ0v) is 13.7. The standard InChI is InChI=1S/C15H20O7S/c1-12-5-2-3-6-13(12)11-22-15(17)8-4-7-14(16)21-9-10-23(18,19)20/h2-3,5-6H,4,7-11H2,1H3,(H,18,19,20). The highest BCUT2D eigenvalue weighted by molar-refractivity contribution is 7.85. The van der Waals surface area contributed by atoms with Gasteiger partial charge in [0.2, 0.25) is 0 Å². The number of carbonyl (C=O) groups is 2. The van der Waals surface area contributed by atoms with Gasteiger partial charge in [-0.3, -0.25) is 14.1 Å². The molecule has 1 rings (SSSR count). The van der Waals surface area contributed by atoms with Crippen LogP contribution in [0.4, 0.5) is 0 Å². The van der Waals surface area contributed by atoms with Gasteiger partial charge in [0.25, 0.3) is 10.1 Å². The number of hydrogen-bond acceptors (Lipinski definition) is 6. The lowest BCUT2D eigenvalue weighted by Gasteiger charge is -2.07. The predicted octanol–water partition coefficient (Wildman–Crippen LogP) is 1.64. The Bertz CT molecular complexity index is 637. The highest BCUT2D eigenvalue weighted by atomic mass is 32.2. The second-order valence-electron chi connectivity index (χ2n) is 4.95. The lowest BCUT2D eigenvalue weighted by Crippen LogP contribution is -2.15. The molecule has 7 nitrogen and oxygen atoms in total. The van der Waals surface area contributed by atoms with E-state index < -0.39 is 34.4 Å². The van der Waals surface area contributed by atoms with E-state index in [1.54, 1.807) is 0 Å². The number of hydrogen-bond donors (Lipinski definition) is 1. The highest BCUT2D eigenvalue weighted by Crippen LogP contribution is 2.09. The Kier molecular flexibility index (Phi) is 7.70. The van der Waals surface area contributed by atoms with Crippen molar-refractivity contribution in [2.24, 2.45) is 0 Å². The molecular weight excluding hydrogens is 324 g/mol. The Labute approximate surface area is 135 Å². The smallest absolute Gasteiger partial charge is 0.306 e. The number of benzene rings is 1.